The van der Waals surface area contributed by atoms with Crippen molar-refractivity contribution in [3.05, 3.63) is 59.7 Å². The van der Waals surface area contributed by atoms with Gasteiger partial charge in [-0.1, -0.05) is 24.3 Å². The number of cyclic esters (lactones) is 1. The second-order valence-corrected chi connectivity index (χ2v) is 5.70. The van der Waals surface area contributed by atoms with Crippen LogP contribution in [0.3, 0.4) is 0 Å². The molecule has 1 unspecified atom stereocenters. The molecule has 0 spiro atoms. The Labute approximate surface area is 146 Å². The highest BCUT2D eigenvalue weighted by molar-refractivity contribution is 5.92. The molecule has 25 heavy (non-hydrogen) atoms. The van der Waals surface area contributed by atoms with E-state index in [0.29, 0.717) is 18.8 Å². The SMILES string of the molecule is CCOc1ccc(CC(=O)Nc2ccc(C3CNC(=O)O3)cc2)cc1. The summed E-state index contributed by atoms with van der Waals surface area (Å²) in [6, 6.07) is 14.8. The first kappa shape index (κ1) is 16.8. The number of amides is 2. The van der Waals surface area contributed by atoms with E-state index in [0.717, 1.165) is 16.9 Å². The number of anilines is 1. The number of nitrogens with one attached hydrogen (secondary N) is 2. The predicted molar refractivity (Wildman–Crippen MR) is 93.6 cm³/mol. The molecule has 2 N–H and O–H groups in total. The molecule has 2 aromatic carbocycles. The highest BCUT2D eigenvalue weighted by Crippen LogP contribution is 2.22. The van der Waals surface area contributed by atoms with Crippen molar-refractivity contribution in [1.82, 2.24) is 5.32 Å². The highest BCUT2D eigenvalue weighted by atomic mass is 16.6. The van der Waals surface area contributed by atoms with E-state index < -0.39 is 6.09 Å². The Morgan fingerprint density at radius 2 is 1.92 bits per heavy atom. The molecule has 0 aromatic heterocycles. The molecule has 1 saturated heterocycles. The minimum atomic E-state index is -0.405. The second-order valence-electron chi connectivity index (χ2n) is 5.70. The Morgan fingerprint density at radius 3 is 2.52 bits per heavy atom. The van der Waals surface area contributed by atoms with Crippen molar-refractivity contribution in [2.75, 3.05) is 18.5 Å². The van der Waals surface area contributed by atoms with E-state index in [-0.39, 0.29) is 18.4 Å². The number of hydrogen-bond acceptors (Lipinski definition) is 4. The van der Waals surface area contributed by atoms with Crippen LogP contribution in [0.2, 0.25) is 0 Å². The summed E-state index contributed by atoms with van der Waals surface area (Å²) in [6.07, 6.45) is -0.392. The van der Waals surface area contributed by atoms with E-state index in [1.165, 1.54) is 0 Å². The number of rotatable bonds is 6. The fourth-order valence-corrected chi connectivity index (χ4v) is 2.62. The average molecular weight is 340 g/mol. The zero-order chi connectivity index (χ0) is 17.6. The summed E-state index contributed by atoms with van der Waals surface area (Å²) >= 11 is 0. The van der Waals surface area contributed by atoms with Gasteiger partial charge in [0.05, 0.1) is 19.6 Å². The maximum absolute atomic E-state index is 12.2. The lowest BCUT2D eigenvalue weighted by Crippen LogP contribution is -2.14. The van der Waals surface area contributed by atoms with Crippen molar-refractivity contribution in [2.24, 2.45) is 0 Å². The maximum Gasteiger partial charge on any atom is 0.407 e. The molecule has 0 saturated carbocycles. The predicted octanol–water partition coefficient (Wildman–Crippen LogP) is 3.05. The molecule has 0 radical (unpaired) electrons. The Balaban J connectivity index is 1.54. The third-order valence-corrected chi connectivity index (χ3v) is 3.85. The molecule has 6 heteroatoms. The Bertz CT molecular complexity index is 741. The van der Waals surface area contributed by atoms with Crippen LogP contribution >= 0.6 is 0 Å². The van der Waals surface area contributed by atoms with Crippen molar-refractivity contribution < 1.29 is 19.1 Å². The van der Waals surface area contributed by atoms with E-state index in [4.69, 9.17) is 9.47 Å². The number of carbonyl (C=O) groups excluding carboxylic acids is 2. The third kappa shape index (κ3) is 4.50. The molecule has 1 aliphatic rings. The lowest BCUT2D eigenvalue weighted by atomic mass is 10.1. The first-order valence-electron chi connectivity index (χ1n) is 8.20. The van der Waals surface area contributed by atoms with Gasteiger partial charge in [0.25, 0.3) is 0 Å². The molecule has 0 bridgehead atoms. The smallest absolute Gasteiger partial charge is 0.407 e. The van der Waals surface area contributed by atoms with Gasteiger partial charge in [0.1, 0.15) is 11.9 Å². The van der Waals surface area contributed by atoms with Crippen LogP contribution in [0.1, 0.15) is 24.2 Å². The Morgan fingerprint density at radius 1 is 1.20 bits per heavy atom. The molecule has 130 valence electrons. The van der Waals surface area contributed by atoms with Crippen LogP contribution in [0.4, 0.5) is 10.5 Å². The van der Waals surface area contributed by atoms with E-state index in [1.54, 1.807) is 12.1 Å². The van der Waals surface area contributed by atoms with Crippen LogP contribution in [0.25, 0.3) is 0 Å². The van der Waals surface area contributed by atoms with Crippen LogP contribution in [0.5, 0.6) is 5.75 Å². The van der Waals surface area contributed by atoms with Gasteiger partial charge in [-0.15, -0.1) is 0 Å². The van der Waals surface area contributed by atoms with Gasteiger partial charge < -0.3 is 20.1 Å². The Kier molecular flexibility index (Phi) is 5.18. The summed E-state index contributed by atoms with van der Waals surface area (Å²) in [5.41, 5.74) is 2.52. The molecule has 2 aromatic rings. The number of ether oxygens (including phenoxy) is 2. The number of carbonyl (C=O) groups is 2. The van der Waals surface area contributed by atoms with Crippen molar-refractivity contribution in [2.45, 2.75) is 19.4 Å². The molecule has 1 aliphatic heterocycles. The topological polar surface area (TPSA) is 76.7 Å². The molecule has 0 aliphatic carbocycles. The minimum Gasteiger partial charge on any atom is -0.494 e. The summed E-state index contributed by atoms with van der Waals surface area (Å²) < 4.78 is 10.5. The van der Waals surface area contributed by atoms with E-state index >= 15 is 0 Å². The maximum atomic E-state index is 12.2. The fraction of sp³-hybridized carbons (Fsp3) is 0.263. The molecule has 3 rings (SSSR count). The molecule has 2 amide bonds. The summed E-state index contributed by atoms with van der Waals surface area (Å²) in [5.74, 6) is 0.704. The van der Waals surface area contributed by atoms with Crippen LogP contribution in [0, 0.1) is 0 Å². The number of benzene rings is 2. The molecular weight excluding hydrogens is 320 g/mol. The van der Waals surface area contributed by atoms with E-state index in [2.05, 4.69) is 10.6 Å². The van der Waals surface area contributed by atoms with Gasteiger partial charge in [-0.05, 0) is 42.3 Å². The lowest BCUT2D eigenvalue weighted by Gasteiger charge is -2.10. The van der Waals surface area contributed by atoms with Crippen molar-refractivity contribution in [3.8, 4) is 5.75 Å². The van der Waals surface area contributed by atoms with Crippen molar-refractivity contribution in [3.63, 3.8) is 0 Å². The third-order valence-electron chi connectivity index (χ3n) is 3.85. The standard InChI is InChI=1S/C19H20N2O4/c1-2-24-16-9-3-13(4-10-16)11-18(22)21-15-7-5-14(6-8-15)17-12-20-19(23)25-17/h3-10,17H,2,11-12H2,1H3,(H,20,23)(H,21,22). The minimum absolute atomic E-state index is 0.0918. The largest absolute Gasteiger partial charge is 0.494 e. The van der Waals surface area contributed by atoms with Gasteiger partial charge in [-0.2, -0.15) is 0 Å². The first-order valence-corrected chi connectivity index (χ1v) is 8.20. The molecule has 1 heterocycles. The molecule has 1 atom stereocenters. The zero-order valence-electron chi connectivity index (χ0n) is 14.0. The van der Waals surface area contributed by atoms with Crippen LogP contribution in [-0.2, 0) is 16.0 Å². The summed E-state index contributed by atoms with van der Waals surface area (Å²) in [4.78, 5) is 23.2. The molecule has 6 nitrogen and oxygen atoms in total. The quantitative estimate of drug-likeness (QED) is 0.847. The van der Waals surface area contributed by atoms with E-state index in [1.807, 2.05) is 43.3 Å². The average Bonchev–Trinajstić information content (AvgIpc) is 3.04. The summed E-state index contributed by atoms with van der Waals surface area (Å²) in [5, 5.41) is 5.48. The monoisotopic (exact) mass is 340 g/mol. The van der Waals surface area contributed by atoms with Gasteiger partial charge in [-0.3, -0.25) is 4.79 Å². The van der Waals surface area contributed by atoms with Gasteiger partial charge in [0.15, 0.2) is 0 Å². The van der Waals surface area contributed by atoms with E-state index in [9.17, 15) is 9.59 Å². The van der Waals surface area contributed by atoms with Crippen molar-refractivity contribution in [1.29, 1.82) is 0 Å². The van der Waals surface area contributed by atoms with Crippen LogP contribution in [-0.4, -0.2) is 25.2 Å². The zero-order valence-corrected chi connectivity index (χ0v) is 14.0. The highest BCUT2D eigenvalue weighted by Gasteiger charge is 2.23. The second kappa shape index (κ2) is 7.70. The van der Waals surface area contributed by atoms with Crippen molar-refractivity contribution >= 4 is 17.7 Å². The normalized spacial score (nSPS) is 16.0. The summed E-state index contributed by atoms with van der Waals surface area (Å²) in [7, 11) is 0. The van der Waals surface area contributed by atoms with Crippen LogP contribution < -0.4 is 15.4 Å². The van der Waals surface area contributed by atoms with Gasteiger partial charge >= 0.3 is 6.09 Å². The lowest BCUT2D eigenvalue weighted by molar-refractivity contribution is -0.115. The van der Waals surface area contributed by atoms with Gasteiger partial charge in [-0.25, -0.2) is 4.79 Å². The molecule has 1 fully saturated rings. The number of hydrogen-bond donors (Lipinski definition) is 2. The number of alkyl carbamates (subject to hydrolysis) is 1. The summed E-state index contributed by atoms with van der Waals surface area (Å²) in [6.45, 7) is 3.01. The molecular formula is C19H20N2O4. The fourth-order valence-electron chi connectivity index (χ4n) is 2.62. The van der Waals surface area contributed by atoms with Gasteiger partial charge in [0.2, 0.25) is 5.91 Å². The first-order chi connectivity index (χ1) is 12.1. The van der Waals surface area contributed by atoms with Crippen LogP contribution in [0.15, 0.2) is 48.5 Å². The van der Waals surface area contributed by atoms with Gasteiger partial charge in [0, 0.05) is 5.69 Å². The Hall–Kier alpha value is -3.02.